The van der Waals surface area contributed by atoms with Crippen LogP contribution >= 0.6 is 0 Å². The average Bonchev–Trinajstić information content (AvgIpc) is 2.00. The lowest BCUT2D eigenvalue weighted by molar-refractivity contribution is 0.565. The van der Waals surface area contributed by atoms with Crippen molar-refractivity contribution in [1.82, 2.24) is 0 Å². The first-order valence-corrected chi connectivity index (χ1v) is 3.64. The summed E-state index contributed by atoms with van der Waals surface area (Å²) < 4.78 is 0. The summed E-state index contributed by atoms with van der Waals surface area (Å²) >= 11 is 0. The van der Waals surface area contributed by atoms with Crippen LogP contribution in [-0.2, 0) is 4.79 Å². The highest BCUT2D eigenvalue weighted by molar-refractivity contribution is 5.42. The summed E-state index contributed by atoms with van der Waals surface area (Å²) in [5.74, 6) is 0. The average molecular weight is 159 g/mol. The van der Waals surface area contributed by atoms with Gasteiger partial charge < -0.3 is 0 Å². The van der Waals surface area contributed by atoms with E-state index >= 15 is 0 Å². The molecule has 0 bridgehead atoms. The first kappa shape index (κ1) is 8.44. The van der Waals surface area contributed by atoms with Gasteiger partial charge in [0.15, 0.2) is 0 Å². The van der Waals surface area contributed by atoms with E-state index in [2.05, 4.69) is 4.99 Å². The number of carbonyl (C=O) groups excluding carboxylic acids is 1. The Hall–Kier alpha value is -1.66. The van der Waals surface area contributed by atoms with Crippen molar-refractivity contribution in [2.75, 3.05) is 0 Å². The van der Waals surface area contributed by atoms with Crippen LogP contribution in [0, 0.1) is 0 Å². The Bertz CT molecular complexity index is 326. The topological polar surface area (TPSA) is 29.4 Å². The number of hydrogen-bond acceptors (Lipinski definition) is 2. The van der Waals surface area contributed by atoms with Crippen LogP contribution in [0.15, 0.2) is 52.7 Å². The lowest BCUT2D eigenvalue weighted by atomic mass is 10.2. The van der Waals surface area contributed by atoms with Crippen LogP contribution in [0.2, 0.25) is 0 Å². The van der Waals surface area contributed by atoms with Gasteiger partial charge in [-0.1, -0.05) is 29.9 Å². The highest BCUT2D eigenvalue weighted by Gasteiger charge is 1.87. The number of allylic oxidation sites excluding steroid dienone is 7. The zero-order valence-electron chi connectivity index (χ0n) is 6.82. The van der Waals surface area contributed by atoms with Gasteiger partial charge in [0.2, 0.25) is 6.08 Å². The molecular formula is C10H9NO. The monoisotopic (exact) mass is 159 g/mol. The van der Waals surface area contributed by atoms with Crippen molar-refractivity contribution >= 4 is 6.08 Å². The van der Waals surface area contributed by atoms with Crippen LogP contribution in [0.1, 0.15) is 6.92 Å². The molecule has 60 valence electrons. The number of nitrogens with zero attached hydrogens (tertiary/aromatic N) is 1. The van der Waals surface area contributed by atoms with Gasteiger partial charge in [0.05, 0.1) is 5.70 Å². The summed E-state index contributed by atoms with van der Waals surface area (Å²) in [6, 6.07) is 0. The van der Waals surface area contributed by atoms with Crippen molar-refractivity contribution in [3.63, 3.8) is 0 Å². The third-order valence-corrected chi connectivity index (χ3v) is 1.43. The summed E-state index contributed by atoms with van der Waals surface area (Å²) in [7, 11) is 0. The lowest BCUT2D eigenvalue weighted by Crippen LogP contribution is -1.74. The molecular weight excluding hydrogens is 150 g/mol. The molecule has 0 saturated heterocycles. The summed E-state index contributed by atoms with van der Waals surface area (Å²) in [5.41, 5.74) is 1.78. The molecule has 0 aromatic rings. The van der Waals surface area contributed by atoms with Crippen molar-refractivity contribution in [2.24, 2.45) is 4.99 Å². The number of aliphatic imine (C=N–C) groups is 1. The second-order valence-electron chi connectivity index (χ2n) is 2.42. The minimum absolute atomic E-state index is 0.616. The molecule has 0 radical (unpaired) electrons. The fourth-order valence-electron chi connectivity index (χ4n) is 0.835. The number of isocyanates is 1. The molecule has 12 heavy (non-hydrogen) atoms. The Labute approximate surface area is 71.3 Å². The summed E-state index contributed by atoms with van der Waals surface area (Å²) in [4.78, 5) is 13.4. The van der Waals surface area contributed by atoms with Crippen molar-refractivity contribution in [3.8, 4) is 0 Å². The Kier molecular flexibility index (Phi) is 3.00. The smallest absolute Gasteiger partial charge is 0.211 e. The summed E-state index contributed by atoms with van der Waals surface area (Å²) in [5, 5.41) is 0. The molecule has 2 heteroatoms. The standard InChI is InChI=1S/C10H9NO/c1-9-4-2-6-10(11-8-12)7-3-5-9/h2-7H,1H3/b4-2?,5-3?,6-2-,7-3?,9-4?,9-5?,10-6?,10-7+. The maximum atomic E-state index is 9.93. The van der Waals surface area contributed by atoms with Gasteiger partial charge in [-0.05, 0) is 19.1 Å². The fourth-order valence-corrected chi connectivity index (χ4v) is 0.835. The van der Waals surface area contributed by atoms with Crippen molar-refractivity contribution in [3.05, 3.63) is 47.7 Å². The highest BCUT2D eigenvalue weighted by Crippen LogP contribution is 2.05. The third-order valence-electron chi connectivity index (χ3n) is 1.43. The van der Waals surface area contributed by atoms with Gasteiger partial charge >= 0.3 is 0 Å². The van der Waals surface area contributed by atoms with Crippen LogP contribution in [0.4, 0.5) is 0 Å². The molecule has 0 aromatic heterocycles. The largest absolute Gasteiger partial charge is 0.240 e. The third kappa shape index (κ3) is 2.52. The molecule has 0 saturated carbocycles. The molecule has 0 fully saturated rings. The van der Waals surface area contributed by atoms with Crippen molar-refractivity contribution in [2.45, 2.75) is 6.92 Å². The van der Waals surface area contributed by atoms with Crippen LogP contribution in [-0.4, -0.2) is 6.08 Å². The van der Waals surface area contributed by atoms with E-state index in [1.54, 1.807) is 12.2 Å². The van der Waals surface area contributed by atoms with Crippen LogP contribution in [0.3, 0.4) is 0 Å². The summed E-state index contributed by atoms with van der Waals surface area (Å²) in [6.45, 7) is 2.00. The van der Waals surface area contributed by atoms with Gasteiger partial charge in [0.25, 0.3) is 0 Å². The van der Waals surface area contributed by atoms with Gasteiger partial charge in [-0.3, -0.25) is 0 Å². The summed E-state index contributed by atoms with van der Waals surface area (Å²) in [6.07, 6.45) is 12.6. The van der Waals surface area contributed by atoms with Gasteiger partial charge in [0, 0.05) is 0 Å². The second kappa shape index (κ2) is 4.27. The molecule has 0 heterocycles. The molecule has 0 unspecified atom stereocenters. The minimum Gasteiger partial charge on any atom is -0.211 e. The Morgan fingerprint density at radius 2 is 2.00 bits per heavy atom. The lowest BCUT2D eigenvalue weighted by Gasteiger charge is -1.92. The first-order valence-electron chi connectivity index (χ1n) is 3.64. The molecule has 0 atom stereocenters. The molecule has 2 nitrogen and oxygen atoms in total. The maximum absolute atomic E-state index is 9.93. The van der Waals surface area contributed by atoms with E-state index in [1.807, 2.05) is 31.2 Å². The second-order valence-corrected chi connectivity index (χ2v) is 2.42. The minimum atomic E-state index is 0.616. The molecule has 0 aromatic carbocycles. The SMILES string of the molecule is CC1=C/C=C\C(N=C=O)=C/C=C1. The number of rotatable bonds is 1. The van der Waals surface area contributed by atoms with Crippen LogP contribution in [0.25, 0.3) is 0 Å². The van der Waals surface area contributed by atoms with E-state index in [-0.39, 0.29) is 0 Å². The molecule has 1 rings (SSSR count). The highest BCUT2D eigenvalue weighted by atomic mass is 16.1. The first-order chi connectivity index (χ1) is 5.83. The predicted molar refractivity (Wildman–Crippen MR) is 48.2 cm³/mol. The molecule has 0 spiro atoms. The predicted octanol–water partition coefficient (Wildman–Crippen LogP) is 2.28. The van der Waals surface area contributed by atoms with Gasteiger partial charge in [0.1, 0.15) is 0 Å². The van der Waals surface area contributed by atoms with E-state index in [9.17, 15) is 4.79 Å². The van der Waals surface area contributed by atoms with Crippen LogP contribution in [0.5, 0.6) is 0 Å². The molecule has 0 amide bonds. The molecule has 0 aliphatic heterocycles. The van der Waals surface area contributed by atoms with Crippen molar-refractivity contribution in [1.29, 1.82) is 0 Å². The Balaban J connectivity index is 2.90. The molecule has 1 aliphatic rings. The van der Waals surface area contributed by atoms with E-state index in [4.69, 9.17) is 0 Å². The van der Waals surface area contributed by atoms with E-state index in [0.29, 0.717) is 5.70 Å². The maximum Gasteiger partial charge on any atom is 0.240 e. The van der Waals surface area contributed by atoms with Gasteiger partial charge in [-0.15, -0.1) is 0 Å². The zero-order valence-corrected chi connectivity index (χ0v) is 6.82. The van der Waals surface area contributed by atoms with E-state index in [1.165, 1.54) is 6.08 Å². The molecule has 0 N–H and O–H groups in total. The van der Waals surface area contributed by atoms with Gasteiger partial charge in [-0.25, -0.2) is 4.79 Å². The quantitative estimate of drug-likeness (QED) is 0.426. The van der Waals surface area contributed by atoms with E-state index < -0.39 is 0 Å². The Morgan fingerprint density at radius 3 is 2.75 bits per heavy atom. The zero-order chi connectivity index (χ0) is 8.81. The fraction of sp³-hybridized carbons (Fsp3) is 0.100. The van der Waals surface area contributed by atoms with Crippen LogP contribution < -0.4 is 0 Å². The van der Waals surface area contributed by atoms with Crippen molar-refractivity contribution < 1.29 is 4.79 Å². The Morgan fingerprint density at radius 1 is 1.25 bits per heavy atom. The molecule has 1 aliphatic carbocycles. The normalized spacial score (nSPS) is 22.4. The van der Waals surface area contributed by atoms with Gasteiger partial charge in [-0.2, -0.15) is 4.99 Å². The van der Waals surface area contributed by atoms with E-state index in [0.717, 1.165) is 5.57 Å². The number of hydrogen-bond donors (Lipinski definition) is 0.